The van der Waals surface area contributed by atoms with Gasteiger partial charge in [-0.3, -0.25) is 14.9 Å². The molecule has 0 atom stereocenters. The lowest BCUT2D eigenvalue weighted by Crippen LogP contribution is -2.16. The molecule has 0 aromatic heterocycles. The van der Waals surface area contributed by atoms with E-state index in [-0.39, 0.29) is 16.9 Å². The first-order valence-corrected chi connectivity index (χ1v) is 5.49. The fourth-order valence-electron chi connectivity index (χ4n) is 1.67. The molecule has 2 rings (SSSR count). The van der Waals surface area contributed by atoms with Gasteiger partial charge in [0.1, 0.15) is 5.56 Å². The van der Waals surface area contributed by atoms with Crippen LogP contribution in [0.1, 0.15) is 10.4 Å². The zero-order chi connectivity index (χ0) is 13.8. The van der Waals surface area contributed by atoms with Crippen LogP contribution in [0.5, 0.6) is 0 Å². The van der Waals surface area contributed by atoms with Gasteiger partial charge in [-0.15, -0.1) is 0 Å². The van der Waals surface area contributed by atoms with E-state index >= 15 is 0 Å². The Morgan fingerprint density at radius 3 is 2.42 bits per heavy atom. The van der Waals surface area contributed by atoms with Crippen LogP contribution >= 0.6 is 0 Å². The number of hydrogen-bond acceptors (Lipinski definition) is 4. The summed E-state index contributed by atoms with van der Waals surface area (Å²) in [5.41, 5.74) is 5.83. The van der Waals surface area contributed by atoms with Crippen LogP contribution in [-0.2, 0) is 0 Å². The Balaban J connectivity index is 2.36. The van der Waals surface area contributed by atoms with E-state index < -0.39 is 10.8 Å². The van der Waals surface area contributed by atoms with Crippen molar-refractivity contribution in [2.75, 3.05) is 11.1 Å². The van der Waals surface area contributed by atoms with Gasteiger partial charge in [0.25, 0.3) is 11.6 Å². The number of carbonyl (C=O) groups is 1. The maximum atomic E-state index is 12.1. The quantitative estimate of drug-likeness (QED) is 0.501. The molecule has 0 aliphatic carbocycles. The van der Waals surface area contributed by atoms with Crippen molar-refractivity contribution in [3.63, 3.8) is 0 Å². The maximum absolute atomic E-state index is 12.1. The molecule has 0 unspecified atom stereocenters. The molecule has 0 saturated carbocycles. The van der Waals surface area contributed by atoms with E-state index in [0.717, 1.165) is 0 Å². The van der Waals surface area contributed by atoms with Gasteiger partial charge in [0.05, 0.1) is 10.6 Å². The lowest BCUT2D eigenvalue weighted by Gasteiger charge is -2.07. The van der Waals surface area contributed by atoms with Crippen molar-refractivity contribution in [3.05, 3.63) is 64.2 Å². The standard InChI is InChI=1S/C13H11N3O3/c14-10-7-4-8-11(16(18)19)12(10)13(17)15-9-5-2-1-3-6-9/h1-8H,14H2,(H,15,17). The molecule has 19 heavy (non-hydrogen) atoms. The summed E-state index contributed by atoms with van der Waals surface area (Å²) in [5, 5.41) is 13.5. The van der Waals surface area contributed by atoms with E-state index in [0.29, 0.717) is 5.69 Å². The fraction of sp³-hybridized carbons (Fsp3) is 0. The van der Waals surface area contributed by atoms with Crippen LogP contribution in [-0.4, -0.2) is 10.8 Å². The van der Waals surface area contributed by atoms with Gasteiger partial charge in [0.15, 0.2) is 0 Å². The number of nitrogens with one attached hydrogen (secondary N) is 1. The molecule has 3 N–H and O–H groups in total. The normalized spacial score (nSPS) is 9.89. The second-order valence-corrected chi connectivity index (χ2v) is 3.82. The van der Waals surface area contributed by atoms with Crippen LogP contribution < -0.4 is 11.1 Å². The molecule has 0 bridgehead atoms. The highest BCUT2D eigenvalue weighted by Gasteiger charge is 2.22. The third-order valence-corrected chi connectivity index (χ3v) is 2.53. The molecule has 0 aliphatic heterocycles. The van der Waals surface area contributed by atoms with Crippen molar-refractivity contribution in [1.29, 1.82) is 0 Å². The molecule has 1 amide bonds. The summed E-state index contributed by atoms with van der Waals surface area (Å²) in [6.07, 6.45) is 0. The first-order valence-electron chi connectivity index (χ1n) is 5.49. The average Bonchev–Trinajstić information content (AvgIpc) is 2.39. The minimum atomic E-state index is -0.629. The lowest BCUT2D eigenvalue weighted by molar-refractivity contribution is -0.385. The number of rotatable bonds is 3. The zero-order valence-electron chi connectivity index (χ0n) is 9.87. The summed E-state index contributed by atoms with van der Waals surface area (Å²) in [7, 11) is 0. The van der Waals surface area contributed by atoms with Crippen LogP contribution in [0.25, 0.3) is 0 Å². The van der Waals surface area contributed by atoms with Gasteiger partial charge in [-0.1, -0.05) is 24.3 Å². The molecule has 96 valence electrons. The van der Waals surface area contributed by atoms with Crippen LogP contribution in [0, 0.1) is 10.1 Å². The molecule has 0 heterocycles. The number of benzene rings is 2. The Kier molecular flexibility index (Phi) is 3.42. The second kappa shape index (κ2) is 5.18. The zero-order valence-corrected chi connectivity index (χ0v) is 9.87. The summed E-state index contributed by atoms with van der Waals surface area (Å²) in [6.45, 7) is 0. The van der Waals surface area contributed by atoms with Crippen molar-refractivity contribution in [3.8, 4) is 0 Å². The topological polar surface area (TPSA) is 98.3 Å². The van der Waals surface area contributed by atoms with Gasteiger partial charge in [0.2, 0.25) is 0 Å². The predicted octanol–water partition coefficient (Wildman–Crippen LogP) is 2.43. The Morgan fingerprint density at radius 2 is 1.79 bits per heavy atom. The summed E-state index contributed by atoms with van der Waals surface area (Å²) in [6, 6.07) is 12.8. The number of nitro groups is 1. The number of nitrogen functional groups attached to an aromatic ring is 1. The molecule has 0 saturated heterocycles. The van der Waals surface area contributed by atoms with E-state index in [2.05, 4.69) is 5.32 Å². The van der Waals surface area contributed by atoms with Gasteiger partial charge < -0.3 is 11.1 Å². The van der Waals surface area contributed by atoms with Crippen molar-refractivity contribution < 1.29 is 9.72 Å². The second-order valence-electron chi connectivity index (χ2n) is 3.82. The number of nitro benzene ring substituents is 1. The predicted molar refractivity (Wildman–Crippen MR) is 71.9 cm³/mol. The number of hydrogen-bond donors (Lipinski definition) is 2. The minimum Gasteiger partial charge on any atom is -0.398 e. The van der Waals surface area contributed by atoms with E-state index in [1.807, 2.05) is 0 Å². The van der Waals surface area contributed by atoms with Crippen molar-refractivity contribution in [1.82, 2.24) is 0 Å². The molecule has 6 heteroatoms. The van der Waals surface area contributed by atoms with E-state index in [1.165, 1.54) is 18.2 Å². The van der Waals surface area contributed by atoms with Crippen LogP contribution in [0.15, 0.2) is 48.5 Å². The van der Waals surface area contributed by atoms with E-state index in [1.54, 1.807) is 30.3 Å². The smallest absolute Gasteiger partial charge is 0.284 e. The maximum Gasteiger partial charge on any atom is 0.284 e. The van der Waals surface area contributed by atoms with E-state index in [9.17, 15) is 14.9 Å². The average molecular weight is 257 g/mol. The summed E-state index contributed by atoms with van der Waals surface area (Å²) in [4.78, 5) is 22.3. The summed E-state index contributed by atoms with van der Waals surface area (Å²) >= 11 is 0. The SMILES string of the molecule is Nc1cccc([N+](=O)[O-])c1C(=O)Nc1ccccc1. The number of amides is 1. The molecular weight excluding hydrogens is 246 g/mol. The van der Waals surface area contributed by atoms with Gasteiger partial charge >= 0.3 is 0 Å². The first-order chi connectivity index (χ1) is 9.09. The van der Waals surface area contributed by atoms with Crippen LogP contribution in [0.2, 0.25) is 0 Å². The molecule has 6 nitrogen and oxygen atoms in total. The van der Waals surface area contributed by atoms with Crippen molar-refractivity contribution in [2.45, 2.75) is 0 Å². The third-order valence-electron chi connectivity index (χ3n) is 2.53. The van der Waals surface area contributed by atoms with E-state index in [4.69, 9.17) is 5.73 Å². The molecule has 2 aromatic rings. The molecule has 0 fully saturated rings. The number of para-hydroxylation sites is 1. The molecule has 0 radical (unpaired) electrons. The number of anilines is 2. The number of carbonyl (C=O) groups excluding carboxylic acids is 1. The molecule has 2 aromatic carbocycles. The minimum absolute atomic E-state index is 0.0719. The number of nitrogens with two attached hydrogens (primary N) is 1. The number of nitrogens with zero attached hydrogens (tertiary/aromatic N) is 1. The highest BCUT2D eigenvalue weighted by atomic mass is 16.6. The largest absolute Gasteiger partial charge is 0.398 e. The first kappa shape index (κ1) is 12.6. The van der Waals surface area contributed by atoms with Crippen LogP contribution in [0.3, 0.4) is 0 Å². The van der Waals surface area contributed by atoms with Gasteiger partial charge in [-0.05, 0) is 18.2 Å². The Labute approximate surface area is 109 Å². The van der Waals surface area contributed by atoms with Crippen LogP contribution in [0.4, 0.5) is 17.1 Å². The highest BCUT2D eigenvalue weighted by molar-refractivity contribution is 6.10. The van der Waals surface area contributed by atoms with Gasteiger partial charge in [0, 0.05) is 11.8 Å². The monoisotopic (exact) mass is 257 g/mol. The summed E-state index contributed by atoms with van der Waals surface area (Å²) < 4.78 is 0. The Hall–Kier alpha value is -2.89. The Morgan fingerprint density at radius 1 is 1.11 bits per heavy atom. The highest BCUT2D eigenvalue weighted by Crippen LogP contribution is 2.25. The summed E-state index contributed by atoms with van der Waals surface area (Å²) in [5.74, 6) is -0.601. The van der Waals surface area contributed by atoms with Gasteiger partial charge in [-0.25, -0.2) is 0 Å². The molecule has 0 spiro atoms. The van der Waals surface area contributed by atoms with Crippen molar-refractivity contribution >= 4 is 23.0 Å². The lowest BCUT2D eigenvalue weighted by atomic mass is 10.1. The molecular formula is C13H11N3O3. The van der Waals surface area contributed by atoms with Gasteiger partial charge in [-0.2, -0.15) is 0 Å². The molecule has 0 aliphatic rings. The Bertz CT molecular complexity index is 626. The van der Waals surface area contributed by atoms with Crippen molar-refractivity contribution in [2.24, 2.45) is 0 Å². The fourth-order valence-corrected chi connectivity index (χ4v) is 1.67. The third kappa shape index (κ3) is 2.68.